The monoisotopic (exact) mass is 360 g/mol. The maximum absolute atomic E-state index is 13.2. The van der Waals surface area contributed by atoms with Crippen LogP contribution in [0.15, 0.2) is 68.4 Å². The van der Waals surface area contributed by atoms with Gasteiger partial charge in [0.15, 0.2) is 5.76 Å². The Morgan fingerprint density at radius 1 is 0.963 bits per heavy atom. The fourth-order valence-electron chi connectivity index (χ4n) is 2.97. The molecule has 136 valence electrons. The topological polar surface area (TPSA) is 52.6 Å². The van der Waals surface area contributed by atoms with Gasteiger partial charge >= 0.3 is 0 Å². The number of hydrogen-bond acceptors (Lipinski definition) is 4. The van der Waals surface area contributed by atoms with Crippen molar-refractivity contribution in [3.05, 3.63) is 87.3 Å². The van der Waals surface area contributed by atoms with E-state index in [9.17, 15) is 4.79 Å². The first-order chi connectivity index (χ1) is 13.0. The van der Waals surface area contributed by atoms with Crippen LogP contribution in [0.4, 0.5) is 0 Å². The van der Waals surface area contributed by atoms with Crippen molar-refractivity contribution in [2.24, 2.45) is 0 Å². The highest BCUT2D eigenvalue weighted by Gasteiger charge is 2.20. The number of aryl methyl sites for hydroxylation is 3. The fraction of sp³-hybridized carbons (Fsp3) is 0.174. The molecule has 27 heavy (non-hydrogen) atoms. The Labute approximate surface area is 157 Å². The lowest BCUT2D eigenvalue weighted by Gasteiger charge is -2.11. The van der Waals surface area contributed by atoms with Gasteiger partial charge in [0.1, 0.15) is 12.2 Å². The third-order valence-electron chi connectivity index (χ3n) is 4.71. The summed E-state index contributed by atoms with van der Waals surface area (Å²) in [6.07, 6.45) is 1.55. The molecule has 0 aliphatic rings. The maximum atomic E-state index is 13.2. The molecule has 4 rings (SSSR count). The van der Waals surface area contributed by atoms with E-state index in [1.165, 1.54) is 5.56 Å². The van der Waals surface area contributed by atoms with Crippen LogP contribution in [0, 0.1) is 20.8 Å². The van der Waals surface area contributed by atoms with Crippen molar-refractivity contribution in [3.8, 4) is 17.3 Å². The van der Waals surface area contributed by atoms with Crippen LogP contribution in [0.2, 0.25) is 0 Å². The zero-order valence-electron chi connectivity index (χ0n) is 15.5. The van der Waals surface area contributed by atoms with E-state index in [1.54, 1.807) is 18.4 Å². The molecular weight excluding hydrogens is 340 g/mol. The van der Waals surface area contributed by atoms with E-state index < -0.39 is 0 Å². The van der Waals surface area contributed by atoms with E-state index in [0.29, 0.717) is 22.5 Å². The molecule has 0 bridgehead atoms. The third kappa shape index (κ3) is 3.26. The molecule has 0 spiro atoms. The van der Waals surface area contributed by atoms with Crippen LogP contribution in [0.25, 0.3) is 22.5 Å². The van der Waals surface area contributed by atoms with Crippen molar-refractivity contribution in [1.29, 1.82) is 0 Å². The van der Waals surface area contributed by atoms with Gasteiger partial charge in [-0.1, -0.05) is 29.8 Å². The first-order valence-electron chi connectivity index (χ1n) is 8.83. The lowest BCUT2D eigenvalue weighted by atomic mass is 10.1. The molecule has 0 unspecified atom stereocenters. The molecule has 0 N–H and O–H groups in total. The van der Waals surface area contributed by atoms with Crippen LogP contribution in [-0.4, -0.2) is 0 Å². The summed E-state index contributed by atoms with van der Waals surface area (Å²) >= 11 is 0. The molecule has 0 aliphatic heterocycles. The van der Waals surface area contributed by atoms with Gasteiger partial charge in [-0.2, -0.15) is 0 Å². The number of furan rings is 1. The maximum Gasteiger partial charge on any atom is 0.235 e. The molecule has 2 aromatic heterocycles. The molecule has 4 heteroatoms. The molecule has 4 aromatic rings. The zero-order chi connectivity index (χ0) is 19.0. The van der Waals surface area contributed by atoms with E-state index >= 15 is 0 Å². The van der Waals surface area contributed by atoms with Crippen LogP contribution in [0.3, 0.4) is 0 Å². The van der Waals surface area contributed by atoms with Gasteiger partial charge in [0, 0.05) is 0 Å². The summed E-state index contributed by atoms with van der Waals surface area (Å²) in [6.45, 7) is 6.27. The molecule has 0 fully saturated rings. The van der Waals surface area contributed by atoms with Crippen molar-refractivity contribution >= 4 is 11.0 Å². The highest BCUT2D eigenvalue weighted by Crippen LogP contribution is 2.32. The van der Waals surface area contributed by atoms with E-state index in [1.807, 2.05) is 57.2 Å². The summed E-state index contributed by atoms with van der Waals surface area (Å²) in [6, 6.07) is 15.2. The van der Waals surface area contributed by atoms with Crippen LogP contribution >= 0.6 is 0 Å². The Bertz CT molecular complexity index is 1150. The second-order valence-corrected chi connectivity index (χ2v) is 6.77. The van der Waals surface area contributed by atoms with E-state index in [2.05, 4.69) is 0 Å². The number of ether oxygens (including phenoxy) is 1. The molecule has 0 saturated carbocycles. The first kappa shape index (κ1) is 17.2. The summed E-state index contributed by atoms with van der Waals surface area (Å²) in [5.41, 5.74) is 4.57. The van der Waals surface area contributed by atoms with Crippen molar-refractivity contribution in [3.63, 3.8) is 0 Å². The van der Waals surface area contributed by atoms with Crippen molar-refractivity contribution in [2.45, 2.75) is 27.4 Å². The minimum atomic E-state index is -0.196. The quantitative estimate of drug-likeness (QED) is 0.478. The second-order valence-electron chi connectivity index (χ2n) is 6.77. The molecule has 0 radical (unpaired) electrons. The summed E-state index contributed by atoms with van der Waals surface area (Å²) in [5.74, 6) is 0.945. The zero-order valence-corrected chi connectivity index (χ0v) is 15.5. The molecule has 4 nitrogen and oxygen atoms in total. The lowest BCUT2D eigenvalue weighted by Crippen LogP contribution is -2.10. The third-order valence-corrected chi connectivity index (χ3v) is 4.71. The first-order valence-corrected chi connectivity index (χ1v) is 8.83. The Balaban J connectivity index is 1.84. The predicted octanol–water partition coefficient (Wildman–Crippen LogP) is 5.56. The summed E-state index contributed by atoms with van der Waals surface area (Å²) in [5, 5.41) is 0.507. The molecule has 0 atom stereocenters. The fourth-order valence-corrected chi connectivity index (χ4v) is 2.97. The Morgan fingerprint density at radius 3 is 2.41 bits per heavy atom. The smallest absolute Gasteiger partial charge is 0.235 e. The van der Waals surface area contributed by atoms with Gasteiger partial charge < -0.3 is 13.6 Å². The molecule has 2 heterocycles. The predicted molar refractivity (Wildman–Crippen MR) is 105 cm³/mol. The Hall–Kier alpha value is -3.27. The van der Waals surface area contributed by atoms with Crippen LogP contribution in [0.5, 0.6) is 5.75 Å². The number of benzene rings is 2. The number of hydrogen-bond donors (Lipinski definition) is 0. The van der Waals surface area contributed by atoms with Crippen LogP contribution in [-0.2, 0) is 6.61 Å². The second kappa shape index (κ2) is 6.80. The highest BCUT2D eigenvalue weighted by molar-refractivity contribution is 5.82. The van der Waals surface area contributed by atoms with Crippen molar-refractivity contribution < 1.29 is 13.6 Å². The minimum Gasteiger partial charge on any atom is -0.481 e. The average molecular weight is 360 g/mol. The van der Waals surface area contributed by atoms with Crippen molar-refractivity contribution in [2.75, 3.05) is 0 Å². The van der Waals surface area contributed by atoms with Crippen LogP contribution in [0.1, 0.15) is 22.3 Å². The van der Waals surface area contributed by atoms with Gasteiger partial charge in [-0.15, -0.1) is 0 Å². The van der Waals surface area contributed by atoms with Crippen LogP contribution < -0.4 is 10.2 Å². The summed E-state index contributed by atoms with van der Waals surface area (Å²) in [7, 11) is 0. The number of fused-ring (bicyclic) bond motifs is 1. The molecule has 0 amide bonds. The van der Waals surface area contributed by atoms with Gasteiger partial charge in [-0.05, 0) is 61.7 Å². The summed E-state index contributed by atoms with van der Waals surface area (Å²) in [4.78, 5) is 13.2. The van der Waals surface area contributed by atoms with E-state index in [0.717, 1.165) is 16.7 Å². The largest absolute Gasteiger partial charge is 0.481 e. The molecule has 2 aromatic carbocycles. The molecular formula is C23H20O4. The van der Waals surface area contributed by atoms with E-state index in [4.69, 9.17) is 13.6 Å². The molecule has 0 saturated heterocycles. The Morgan fingerprint density at radius 2 is 1.70 bits per heavy atom. The van der Waals surface area contributed by atoms with E-state index in [-0.39, 0.29) is 17.8 Å². The van der Waals surface area contributed by atoms with Gasteiger partial charge in [0.2, 0.25) is 16.9 Å². The summed E-state index contributed by atoms with van der Waals surface area (Å²) < 4.78 is 17.4. The van der Waals surface area contributed by atoms with Gasteiger partial charge in [-0.25, -0.2) is 0 Å². The standard InChI is InChI=1S/C23H20O4/c1-14-6-8-17(9-7-14)13-26-23-21(24)18-11-15(2)16(3)12-20(18)27-22(23)19-5-4-10-25-19/h4-12H,13H2,1-3H3. The average Bonchev–Trinajstić information content (AvgIpc) is 3.18. The molecule has 0 aliphatic carbocycles. The van der Waals surface area contributed by atoms with Gasteiger partial charge in [0.25, 0.3) is 0 Å². The Kier molecular flexibility index (Phi) is 4.32. The highest BCUT2D eigenvalue weighted by atomic mass is 16.5. The minimum absolute atomic E-state index is 0.168. The number of rotatable bonds is 4. The SMILES string of the molecule is Cc1ccc(COc2c(-c3ccco3)oc3cc(C)c(C)cc3c2=O)cc1. The lowest BCUT2D eigenvalue weighted by molar-refractivity contribution is 0.296. The van der Waals surface area contributed by atoms with Gasteiger partial charge in [-0.3, -0.25) is 4.79 Å². The van der Waals surface area contributed by atoms with Crippen molar-refractivity contribution in [1.82, 2.24) is 0 Å². The normalized spacial score (nSPS) is 11.1. The van der Waals surface area contributed by atoms with Gasteiger partial charge in [0.05, 0.1) is 11.6 Å².